The first-order valence-corrected chi connectivity index (χ1v) is 12.2. The van der Waals surface area contributed by atoms with Crippen LogP contribution in [0, 0.1) is 16.0 Å². The maximum Gasteiger partial charge on any atom is 0.269 e. The van der Waals surface area contributed by atoms with Crippen molar-refractivity contribution in [3.05, 3.63) is 60.7 Å². The number of aromatic nitrogens is 2. The van der Waals surface area contributed by atoms with Crippen molar-refractivity contribution in [2.45, 2.75) is 63.4 Å². The normalized spacial score (nSPS) is 13.7. The van der Waals surface area contributed by atoms with Gasteiger partial charge in [0.25, 0.3) is 11.2 Å². The third-order valence-electron chi connectivity index (χ3n) is 5.46. The molecule has 1 aliphatic rings. The molecule has 1 aliphatic carbocycles. The highest BCUT2D eigenvalue weighted by atomic mass is 32.2. The van der Waals surface area contributed by atoms with E-state index in [1.54, 1.807) is 23.5 Å². The molecule has 6 nitrogen and oxygen atoms in total. The van der Waals surface area contributed by atoms with Crippen molar-refractivity contribution in [3.8, 4) is 0 Å². The largest absolute Gasteiger partial charge is 0.287 e. The van der Waals surface area contributed by atoms with Crippen molar-refractivity contribution in [3.63, 3.8) is 0 Å². The van der Waals surface area contributed by atoms with Crippen molar-refractivity contribution in [1.29, 1.82) is 0 Å². The molecule has 0 saturated heterocycles. The van der Waals surface area contributed by atoms with Gasteiger partial charge in [0.05, 0.1) is 10.3 Å². The Hall–Kier alpha value is -2.19. The van der Waals surface area contributed by atoms with Crippen LogP contribution >= 0.6 is 23.1 Å². The van der Waals surface area contributed by atoms with Gasteiger partial charge in [0.1, 0.15) is 4.83 Å². The summed E-state index contributed by atoms with van der Waals surface area (Å²) < 4.78 is 1.83. The molecular weight excluding hydrogens is 418 g/mol. The van der Waals surface area contributed by atoms with E-state index < -0.39 is 0 Å². The lowest BCUT2D eigenvalue weighted by atomic mass is 9.97. The molecule has 158 valence electrons. The van der Waals surface area contributed by atoms with Crippen molar-refractivity contribution in [2.24, 2.45) is 5.92 Å². The summed E-state index contributed by atoms with van der Waals surface area (Å²) in [7, 11) is 0. The van der Waals surface area contributed by atoms with Gasteiger partial charge in [-0.3, -0.25) is 19.5 Å². The van der Waals surface area contributed by atoms with E-state index in [9.17, 15) is 14.9 Å². The Kier molecular flexibility index (Phi) is 6.24. The van der Waals surface area contributed by atoms with Gasteiger partial charge in [-0.05, 0) is 49.1 Å². The minimum Gasteiger partial charge on any atom is -0.287 e. The molecule has 0 fully saturated rings. The number of nitro benzene ring substituents is 1. The number of fused-ring (bicyclic) bond motifs is 3. The number of hydrogen-bond donors (Lipinski definition) is 0. The van der Waals surface area contributed by atoms with Crippen LogP contribution < -0.4 is 5.56 Å². The highest BCUT2D eigenvalue weighted by molar-refractivity contribution is 7.98. The predicted molar refractivity (Wildman–Crippen MR) is 123 cm³/mol. The summed E-state index contributed by atoms with van der Waals surface area (Å²) in [4.78, 5) is 31.2. The second kappa shape index (κ2) is 8.89. The van der Waals surface area contributed by atoms with Gasteiger partial charge in [-0.1, -0.05) is 37.7 Å². The number of non-ortho nitro benzene ring substituents is 1. The lowest BCUT2D eigenvalue weighted by Crippen LogP contribution is -2.24. The third-order valence-corrected chi connectivity index (χ3v) is 7.69. The van der Waals surface area contributed by atoms with Gasteiger partial charge in [0.2, 0.25) is 0 Å². The molecule has 0 radical (unpaired) electrons. The fourth-order valence-electron chi connectivity index (χ4n) is 3.82. The lowest BCUT2D eigenvalue weighted by molar-refractivity contribution is -0.384. The Labute approximate surface area is 183 Å². The van der Waals surface area contributed by atoms with Crippen molar-refractivity contribution in [2.75, 3.05) is 0 Å². The minimum atomic E-state index is -0.382. The van der Waals surface area contributed by atoms with Crippen LogP contribution in [0.4, 0.5) is 5.69 Å². The average molecular weight is 444 g/mol. The molecule has 2 heterocycles. The van der Waals surface area contributed by atoms with Gasteiger partial charge in [-0.2, -0.15) is 0 Å². The third kappa shape index (κ3) is 4.30. The number of nitrogens with zero attached hydrogens (tertiary/aromatic N) is 3. The standard InChI is InChI=1S/C22H25N3O3S2/c1-14(2)10-11-24-21(26)19-17-8-3-4-9-18(17)30-20(19)23-22(24)29-13-15-6-5-7-16(12-15)25(27)28/h5-7,12,14H,3-4,8-11,13H2,1-2H3. The summed E-state index contributed by atoms with van der Waals surface area (Å²) in [6, 6.07) is 6.65. The zero-order chi connectivity index (χ0) is 21.3. The number of hydrogen-bond acceptors (Lipinski definition) is 6. The van der Waals surface area contributed by atoms with Crippen LogP contribution in [0.25, 0.3) is 10.2 Å². The van der Waals surface area contributed by atoms with Crippen LogP contribution in [0.2, 0.25) is 0 Å². The highest BCUT2D eigenvalue weighted by Crippen LogP contribution is 2.35. The maximum absolute atomic E-state index is 13.5. The predicted octanol–water partition coefficient (Wildman–Crippen LogP) is 5.58. The van der Waals surface area contributed by atoms with E-state index in [1.165, 1.54) is 34.7 Å². The Bertz CT molecular complexity index is 1150. The zero-order valence-corrected chi connectivity index (χ0v) is 18.9. The molecule has 0 unspecified atom stereocenters. The first kappa shape index (κ1) is 21.1. The Morgan fingerprint density at radius 2 is 2.10 bits per heavy atom. The fraction of sp³-hybridized carbons (Fsp3) is 0.455. The molecule has 0 spiro atoms. The molecule has 0 aliphatic heterocycles. The quantitative estimate of drug-likeness (QED) is 0.206. The number of nitro groups is 1. The summed E-state index contributed by atoms with van der Waals surface area (Å²) in [6.45, 7) is 4.94. The van der Waals surface area contributed by atoms with Crippen LogP contribution in [0.15, 0.2) is 34.2 Å². The van der Waals surface area contributed by atoms with Crippen LogP contribution in [0.1, 0.15) is 49.1 Å². The van der Waals surface area contributed by atoms with Gasteiger partial charge < -0.3 is 0 Å². The Morgan fingerprint density at radius 3 is 2.87 bits per heavy atom. The lowest BCUT2D eigenvalue weighted by Gasteiger charge is -2.14. The van der Waals surface area contributed by atoms with Gasteiger partial charge in [0, 0.05) is 29.3 Å². The van der Waals surface area contributed by atoms with Crippen molar-refractivity contribution < 1.29 is 4.92 Å². The number of aryl methyl sites for hydroxylation is 2. The first-order chi connectivity index (χ1) is 14.4. The molecule has 0 saturated carbocycles. The second-order valence-electron chi connectivity index (χ2n) is 8.14. The molecule has 4 rings (SSSR count). The van der Waals surface area contributed by atoms with E-state index in [0.717, 1.165) is 41.5 Å². The molecule has 0 atom stereocenters. The summed E-state index contributed by atoms with van der Waals surface area (Å²) in [5, 5.41) is 12.6. The molecule has 0 N–H and O–H groups in total. The number of thiophene rings is 1. The summed E-state index contributed by atoms with van der Waals surface area (Å²) in [6.07, 6.45) is 5.22. The monoisotopic (exact) mass is 443 g/mol. The van der Waals surface area contributed by atoms with Crippen LogP contribution in [0.3, 0.4) is 0 Å². The molecule has 1 aromatic carbocycles. The van der Waals surface area contributed by atoms with Crippen molar-refractivity contribution >= 4 is 39.0 Å². The molecule has 0 amide bonds. The van der Waals surface area contributed by atoms with Gasteiger partial charge in [-0.15, -0.1) is 11.3 Å². The highest BCUT2D eigenvalue weighted by Gasteiger charge is 2.22. The number of benzene rings is 1. The Morgan fingerprint density at radius 1 is 1.30 bits per heavy atom. The molecule has 3 aromatic rings. The van der Waals surface area contributed by atoms with E-state index in [0.29, 0.717) is 23.4 Å². The van der Waals surface area contributed by atoms with E-state index in [1.807, 2.05) is 10.6 Å². The fourth-order valence-corrected chi connectivity index (χ4v) is 6.09. The smallest absolute Gasteiger partial charge is 0.269 e. The van der Waals surface area contributed by atoms with E-state index in [2.05, 4.69) is 13.8 Å². The maximum atomic E-state index is 13.5. The number of rotatable bonds is 7. The number of thioether (sulfide) groups is 1. The molecule has 8 heteroatoms. The molecule has 30 heavy (non-hydrogen) atoms. The van der Waals surface area contributed by atoms with E-state index >= 15 is 0 Å². The van der Waals surface area contributed by atoms with Gasteiger partial charge in [-0.25, -0.2) is 4.98 Å². The Balaban J connectivity index is 1.71. The summed E-state index contributed by atoms with van der Waals surface area (Å²) in [5.41, 5.74) is 2.22. The average Bonchev–Trinajstić information content (AvgIpc) is 3.10. The van der Waals surface area contributed by atoms with Crippen LogP contribution in [0.5, 0.6) is 0 Å². The van der Waals surface area contributed by atoms with Crippen LogP contribution in [-0.2, 0) is 25.1 Å². The second-order valence-corrected chi connectivity index (χ2v) is 10.2. The van der Waals surface area contributed by atoms with E-state index in [-0.39, 0.29) is 16.2 Å². The van der Waals surface area contributed by atoms with Gasteiger partial charge in [0.15, 0.2) is 5.16 Å². The van der Waals surface area contributed by atoms with E-state index in [4.69, 9.17) is 4.98 Å². The SMILES string of the molecule is CC(C)CCn1c(SCc2cccc([N+](=O)[O-])c2)nc2sc3c(c2c1=O)CCCC3. The van der Waals surface area contributed by atoms with Crippen molar-refractivity contribution in [1.82, 2.24) is 9.55 Å². The van der Waals surface area contributed by atoms with Gasteiger partial charge >= 0.3 is 0 Å². The summed E-state index contributed by atoms with van der Waals surface area (Å²) >= 11 is 3.15. The minimum absolute atomic E-state index is 0.0709. The molecule has 0 bridgehead atoms. The molecular formula is C22H25N3O3S2. The summed E-state index contributed by atoms with van der Waals surface area (Å²) in [5.74, 6) is 1.02. The first-order valence-electron chi connectivity index (χ1n) is 10.3. The topological polar surface area (TPSA) is 78.0 Å². The van der Waals surface area contributed by atoms with Crippen LogP contribution in [-0.4, -0.2) is 14.5 Å². The zero-order valence-electron chi connectivity index (χ0n) is 17.2. The molecule has 2 aromatic heterocycles.